The van der Waals surface area contributed by atoms with E-state index in [0.717, 1.165) is 12.3 Å². The second-order valence-electron chi connectivity index (χ2n) is 4.37. The summed E-state index contributed by atoms with van der Waals surface area (Å²) in [5.41, 5.74) is 1.67. The van der Waals surface area contributed by atoms with E-state index < -0.39 is 0 Å². The van der Waals surface area contributed by atoms with Gasteiger partial charge in [0, 0.05) is 5.54 Å². The van der Waals surface area contributed by atoms with Crippen molar-refractivity contribution in [1.82, 2.24) is 5.32 Å². The largest absolute Gasteiger partial charge is 0.468 e. The van der Waals surface area contributed by atoms with Crippen LogP contribution in [0, 0.1) is 6.92 Å². The van der Waals surface area contributed by atoms with Crippen LogP contribution in [0.1, 0.15) is 43.9 Å². The zero-order chi connectivity index (χ0) is 10.0. The minimum Gasteiger partial charge on any atom is -0.468 e. The SMILES string of the molecule is CCC1(NCc2occc2C)CCC1. The smallest absolute Gasteiger partial charge is 0.120 e. The van der Waals surface area contributed by atoms with Crippen molar-refractivity contribution in [3.8, 4) is 0 Å². The number of furan rings is 1. The van der Waals surface area contributed by atoms with Gasteiger partial charge >= 0.3 is 0 Å². The lowest BCUT2D eigenvalue weighted by molar-refractivity contribution is 0.171. The Labute approximate surface area is 85.7 Å². The Morgan fingerprint density at radius 1 is 1.50 bits per heavy atom. The highest BCUT2D eigenvalue weighted by Gasteiger charge is 2.34. The van der Waals surface area contributed by atoms with Crippen molar-refractivity contribution in [2.24, 2.45) is 0 Å². The van der Waals surface area contributed by atoms with Gasteiger partial charge in [0.2, 0.25) is 0 Å². The Morgan fingerprint density at radius 2 is 2.29 bits per heavy atom. The van der Waals surface area contributed by atoms with Crippen LogP contribution in [0.4, 0.5) is 0 Å². The van der Waals surface area contributed by atoms with Gasteiger partial charge in [-0.05, 0) is 44.2 Å². The molecule has 0 amide bonds. The molecule has 0 aromatic carbocycles. The molecule has 1 saturated carbocycles. The third kappa shape index (κ3) is 1.71. The van der Waals surface area contributed by atoms with Crippen LogP contribution in [0.3, 0.4) is 0 Å². The van der Waals surface area contributed by atoms with E-state index in [2.05, 4.69) is 19.2 Å². The third-order valence-corrected chi connectivity index (χ3v) is 3.58. The highest BCUT2D eigenvalue weighted by Crippen LogP contribution is 2.34. The lowest BCUT2D eigenvalue weighted by Crippen LogP contribution is -2.49. The predicted molar refractivity (Wildman–Crippen MR) is 57.2 cm³/mol. The zero-order valence-electron chi connectivity index (χ0n) is 9.10. The van der Waals surface area contributed by atoms with Gasteiger partial charge in [-0.15, -0.1) is 0 Å². The lowest BCUT2D eigenvalue weighted by Gasteiger charge is -2.42. The van der Waals surface area contributed by atoms with Crippen LogP contribution in [0.2, 0.25) is 0 Å². The fraction of sp³-hybridized carbons (Fsp3) is 0.667. The Kier molecular flexibility index (Phi) is 2.64. The van der Waals surface area contributed by atoms with Crippen molar-refractivity contribution in [3.63, 3.8) is 0 Å². The fourth-order valence-corrected chi connectivity index (χ4v) is 2.11. The number of hydrogen-bond donors (Lipinski definition) is 1. The molecular formula is C12H19NO. The molecule has 1 aromatic rings. The minimum atomic E-state index is 0.416. The molecule has 1 aromatic heterocycles. The van der Waals surface area contributed by atoms with Gasteiger partial charge in [0.15, 0.2) is 0 Å². The number of rotatable bonds is 4. The molecule has 0 spiro atoms. The maximum Gasteiger partial charge on any atom is 0.120 e. The van der Waals surface area contributed by atoms with Crippen LogP contribution < -0.4 is 5.32 Å². The number of aryl methyl sites for hydroxylation is 1. The molecule has 1 aliphatic rings. The third-order valence-electron chi connectivity index (χ3n) is 3.58. The van der Waals surface area contributed by atoms with E-state index in [9.17, 15) is 0 Å². The van der Waals surface area contributed by atoms with Crippen LogP contribution in [0.15, 0.2) is 16.7 Å². The van der Waals surface area contributed by atoms with Crippen LogP contribution in [-0.4, -0.2) is 5.54 Å². The van der Waals surface area contributed by atoms with Crippen LogP contribution >= 0.6 is 0 Å². The topological polar surface area (TPSA) is 25.2 Å². The maximum atomic E-state index is 5.41. The van der Waals surface area contributed by atoms with Gasteiger partial charge in [0.1, 0.15) is 5.76 Å². The second kappa shape index (κ2) is 3.77. The van der Waals surface area contributed by atoms with Gasteiger partial charge in [-0.1, -0.05) is 6.92 Å². The molecule has 2 nitrogen and oxygen atoms in total. The second-order valence-corrected chi connectivity index (χ2v) is 4.37. The van der Waals surface area contributed by atoms with Gasteiger partial charge in [-0.3, -0.25) is 0 Å². The predicted octanol–water partition coefficient (Wildman–Crippen LogP) is 3.01. The van der Waals surface area contributed by atoms with Crippen molar-refractivity contribution < 1.29 is 4.42 Å². The van der Waals surface area contributed by atoms with E-state index in [0.29, 0.717) is 5.54 Å². The number of hydrogen-bond acceptors (Lipinski definition) is 2. The van der Waals surface area contributed by atoms with Gasteiger partial charge in [-0.25, -0.2) is 0 Å². The average Bonchev–Trinajstić information content (AvgIpc) is 2.51. The van der Waals surface area contributed by atoms with Gasteiger partial charge < -0.3 is 9.73 Å². The van der Waals surface area contributed by atoms with Crippen LogP contribution in [-0.2, 0) is 6.54 Å². The molecule has 0 atom stereocenters. The van der Waals surface area contributed by atoms with Crippen molar-refractivity contribution in [3.05, 3.63) is 23.7 Å². The van der Waals surface area contributed by atoms with Gasteiger partial charge in [0.05, 0.1) is 12.8 Å². The van der Waals surface area contributed by atoms with Crippen LogP contribution in [0.25, 0.3) is 0 Å². The van der Waals surface area contributed by atoms with Crippen molar-refractivity contribution in [2.45, 2.75) is 51.6 Å². The molecule has 0 radical (unpaired) electrons. The molecule has 1 heterocycles. The maximum absolute atomic E-state index is 5.41. The average molecular weight is 193 g/mol. The molecule has 1 N–H and O–H groups in total. The van der Waals surface area contributed by atoms with Crippen molar-refractivity contribution in [2.75, 3.05) is 0 Å². The normalized spacial score (nSPS) is 19.3. The molecule has 1 fully saturated rings. The van der Waals surface area contributed by atoms with E-state index >= 15 is 0 Å². The molecule has 2 rings (SSSR count). The minimum absolute atomic E-state index is 0.416. The fourth-order valence-electron chi connectivity index (χ4n) is 2.11. The molecule has 0 bridgehead atoms. The summed E-state index contributed by atoms with van der Waals surface area (Å²) in [6, 6.07) is 2.02. The highest BCUT2D eigenvalue weighted by atomic mass is 16.3. The molecular weight excluding hydrogens is 174 g/mol. The Hall–Kier alpha value is -0.760. The summed E-state index contributed by atoms with van der Waals surface area (Å²) in [4.78, 5) is 0. The molecule has 0 unspecified atom stereocenters. The Balaban J connectivity index is 1.90. The van der Waals surface area contributed by atoms with E-state index in [1.807, 2.05) is 6.07 Å². The molecule has 0 aliphatic heterocycles. The summed E-state index contributed by atoms with van der Waals surface area (Å²) in [5.74, 6) is 1.09. The lowest BCUT2D eigenvalue weighted by atomic mass is 9.75. The zero-order valence-corrected chi connectivity index (χ0v) is 9.10. The summed E-state index contributed by atoms with van der Waals surface area (Å²) < 4.78 is 5.41. The van der Waals surface area contributed by atoms with E-state index in [1.165, 1.54) is 31.2 Å². The summed E-state index contributed by atoms with van der Waals surface area (Å²) in [6.45, 7) is 5.24. The first-order valence-corrected chi connectivity index (χ1v) is 5.54. The van der Waals surface area contributed by atoms with Crippen molar-refractivity contribution >= 4 is 0 Å². The highest BCUT2D eigenvalue weighted by molar-refractivity contribution is 5.14. The summed E-state index contributed by atoms with van der Waals surface area (Å²) in [5, 5.41) is 3.63. The monoisotopic (exact) mass is 193 g/mol. The quantitative estimate of drug-likeness (QED) is 0.795. The first-order chi connectivity index (χ1) is 6.76. The first kappa shape index (κ1) is 9.78. The Morgan fingerprint density at radius 3 is 2.71 bits per heavy atom. The Bertz CT molecular complexity index is 294. The van der Waals surface area contributed by atoms with Crippen molar-refractivity contribution in [1.29, 1.82) is 0 Å². The van der Waals surface area contributed by atoms with Gasteiger partial charge in [-0.2, -0.15) is 0 Å². The van der Waals surface area contributed by atoms with Crippen LogP contribution in [0.5, 0.6) is 0 Å². The summed E-state index contributed by atoms with van der Waals surface area (Å²) in [6.07, 6.45) is 7.02. The standard InChI is InChI=1S/C12H19NO/c1-3-12(6-4-7-12)13-9-11-10(2)5-8-14-11/h5,8,13H,3-4,6-7,9H2,1-2H3. The molecule has 2 heteroatoms. The van der Waals surface area contributed by atoms with E-state index in [4.69, 9.17) is 4.42 Å². The molecule has 78 valence electrons. The molecule has 0 saturated heterocycles. The number of nitrogens with one attached hydrogen (secondary N) is 1. The summed E-state index contributed by atoms with van der Waals surface area (Å²) in [7, 11) is 0. The van der Waals surface area contributed by atoms with E-state index in [-0.39, 0.29) is 0 Å². The molecule has 1 aliphatic carbocycles. The molecule has 14 heavy (non-hydrogen) atoms. The first-order valence-electron chi connectivity index (χ1n) is 5.54. The van der Waals surface area contributed by atoms with E-state index in [1.54, 1.807) is 6.26 Å². The summed E-state index contributed by atoms with van der Waals surface area (Å²) >= 11 is 0. The van der Waals surface area contributed by atoms with Gasteiger partial charge in [0.25, 0.3) is 0 Å².